The zero-order valence-corrected chi connectivity index (χ0v) is 21.4. The van der Waals surface area contributed by atoms with Crippen LogP contribution < -0.4 is 4.74 Å². The lowest BCUT2D eigenvalue weighted by molar-refractivity contribution is 0.206. The van der Waals surface area contributed by atoms with Crippen LogP contribution in [0.25, 0.3) is 22.5 Å². The van der Waals surface area contributed by atoms with E-state index in [2.05, 4.69) is 79.3 Å². The molecule has 1 aromatic heterocycles. The summed E-state index contributed by atoms with van der Waals surface area (Å²) in [6.45, 7) is 6.67. The summed E-state index contributed by atoms with van der Waals surface area (Å²) in [6, 6.07) is 16.9. The summed E-state index contributed by atoms with van der Waals surface area (Å²) in [7, 11) is 0. The van der Waals surface area contributed by atoms with Crippen molar-refractivity contribution >= 4 is 0 Å². The fourth-order valence-corrected chi connectivity index (χ4v) is 4.25. The van der Waals surface area contributed by atoms with E-state index in [1.807, 2.05) is 12.4 Å². The van der Waals surface area contributed by atoms with Gasteiger partial charge < -0.3 is 4.74 Å². The smallest absolute Gasteiger partial charge is 0.159 e. The highest BCUT2D eigenvalue weighted by molar-refractivity contribution is 5.68. The van der Waals surface area contributed by atoms with Crippen molar-refractivity contribution in [2.45, 2.75) is 97.5 Å². The summed E-state index contributed by atoms with van der Waals surface area (Å²) in [5.41, 5.74) is 4.66. The van der Waals surface area contributed by atoms with Gasteiger partial charge in [-0.25, -0.2) is 9.97 Å². The first-order valence-corrected chi connectivity index (χ1v) is 13.4. The van der Waals surface area contributed by atoms with Gasteiger partial charge in [-0.2, -0.15) is 0 Å². The van der Waals surface area contributed by atoms with E-state index in [-0.39, 0.29) is 6.10 Å². The summed E-state index contributed by atoms with van der Waals surface area (Å²) in [5, 5.41) is 0. The summed E-state index contributed by atoms with van der Waals surface area (Å²) in [6.07, 6.45) is 18.0. The van der Waals surface area contributed by atoms with Crippen LogP contribution in [0.15, 0.2) is 60.9 Å². The summed E-state index contributed by atoms with van der Waals surface area (Å²) < 4.78 is 6.10. The number of aromatic nitrogens is 2. The Morgan fingerprint density at radius 3 is 1.79 bits per heavy atom. The summed E-state index contributed by atoms with van der Waals surface area (Å²) >= 11 is 0. The molecule has 0 aliphatic rings. The van der Waals surface area contributed by atoms with Crippen molar-refractivity contribution in [2.75, 3.05) is 0 Å². The minimum atomic E-state index is 0.259. The van der Waals surface area contributed by atoms with Crippen LogP contribution in [0.5, 0.6) is 5.75 Å². The monoisotopic (exact) mass is 458 g/mol. The van der Waals surface area contributed by atoms with Gasteiger partial charge in [-0.3, -0.25) is 0 Å². The SMILES string of the molecule is CCCCCCCc1cnc(-c2ccc(-c3ccc(OC(C)CCCCCC)cc3)cc2)nc1. The molecule has 3 heteroatoms. The Kier molecular flexibility index (Phi) is 11.1. The number of rotatable bonds is 15. The van der Waals surface area contributed by atoms with Crippen molar-refractivity contribution in [1.82, 2.24) is 9.97 Å². The van der Waals surface area contributed by atoms with Gasteiger partial charge in [0.25, 0.3) is 0 Å². The second-order valence-corrected chi connectivity index (χ2v) is 9.46. The van der Waals surface area contributed by atoms with Crippen LogP contribution in [0.1, 0.15) is 90.5 Å². The van der Waals surface area contributed by atoms with Crippen LogP contribution in [0, 0.1) is 0 Å². The van der Waals surface area contributed by atoms with Crippen molar-refractivity contribution in [3.05, 3.63) is 66.5 Å². The number of ether oxygens (including phenoxy) is 1. The van der Waals surface area contributed by atoms with E-state index in [0.29, 0.717) is 0 Å². The van der Waals surface area contributed by atoms with E-state index < -0.39 is 0 Å². The van der Waals surface area contributed by atoms with Crippen molar-refractivity contribution in [1.29, 1.82) is 0 Å². The maximum atomic E-state index is 6.10. The Morgan fingerprint density at radius 2 is 1.18 bits per heavy atom. The zero-order valence-electron chi connectivity index (χ0n) is 21.4. The molecular formula is C31H42N2O. The highest BCUT2D eigenvalue weighted by Crippen LogP contribution is 2.26. The Balaban J connectivity index is 1.51. The normalized spacial score (nSPS) is 12.0. The van der Waals surface area contributed by atoms with Gasteiger partial charge >= 0.3 is 0 Å². The molecule has 34 heavy (non-hydrogen) atoms. The average molecular weight is 459 g/mol. The van der Waals surface area contributed by atoms with Crippen molar-refractivity contribution in [3.63, 3.8) is 0 Å². The van der Waals surface area contributed by atoms with Crippen LogP contribution in [0.4, 0.5) is 0 Å². The highest BCUT2D eigenvalue weighted by Gasteiger charge is 2.06. The fraction of sp³-hybridized carbons (Fsp3) is 0.484. The predicted octanol–water partition coefficient (Wildman–Crippen LogP) is 9.06. The standard InChI is InChI=1S/C31H42N2O/c1-4-6-8-10-12-14-26-23-32-31(33-24-26)29-17-15-27(16-18-29)28-19-21-30(22-20-28)34-25(3)13-11-9-7-5-2/h15-25H,4-14H2,1-3H3. The van der Waals surface area contributed by atoms with Gasteiger partial charge in [-0.05, 0) is 61.4 Å². The third-order valence-electron chi connectivity index (χ3n) is 6.41. The lowest BCUT2D eigenvalue weighted by Crippen LogP contribution is -2.11. The summed E-state index contributed by atoms with van der Waals surface area (Å²) in [5.74, 6) is 1.74. The first kappa shape index (κ1) is 25.9. The number of hydrogen-bond acceptors (Lipinski definition) is 3. The van der Waals surface area contributed by atoms with Gasteiger partial charge in [-0.15, -0.1) is 0 Å². The number of benzene rings is 2. The second kappa shape index (κ2) is 14.6. The van der Waals surface area contributed by atoms with Crippen LogP contribution in [0.3, 0.4) is 0 Å². The van der Waals surface area contributed by atoms with Gasteiger partial charge in [0.1, 0.15) is 5.75 Å². The second-order valence-electron chi connectivity index (χ2n) is 9.46. The maximum Gasteiger partial charge on any atom is 0.159 e. The molecule has 3 nitrogen and oxygen atoms in total. The van der Waals surface area contributed by atoms with E-state index in [1.165, 1.54) is 74.5 Å². The minimum absolute atomic E-state index is 0.259. The number of aryl methyl sites for hydroxylation is 1. The largest absolute Gasteiger partial charge is 0.491 e. The molecule has 0 saturated carbocycles. The first-order chi connectivity index (χ1) is 16.7. The first-order valence-electron chi connectivity index (χ1n) is 13.4. The lowest BCUT2D eigenvalue weighted by atomic mass is 10.0. The molecule has 1 atom stereocenters. The molecule has 0 aliphatic carbocycles. The molecule has 0 bridgehead atoms. The molecule has 1 heterocycles. The number of hydrogen-bond donors (Lipinski definition) is 0. The molecule has 1 unspecified atom stereocenters. The third-order valence-corrected chi connectivity index (χ3v) is 6.41. The van der Waals surface area contributed by atoms with Gasteiger partial charge in [-0.1, -0.05) is 95.2 Å². The fourth-order valence-electron chi connectivity index (χ4n) is 4.25. The molecule has 0 spiro atoms. The van der Waals surface area contributed by atoms with Crippen LogP contribution in [0.2, 0.25) is 0 Å². The molecule has 0 saturated heterocycles. The molecule has 3 rings (SSSR count). The van der Waals surface area contributed by atoms with E-state index in [0.717, 1.165) is 30.0 Å². The van der Waals surface area contributed by atoms with Crippen LogP contribution in [-0.2, 0) is 6.42 Å². The molecule has 3 aromatic rings. The van der Waals surface area contributed by atoms with Gasteiger partial charge in [0.2, 0.25) is 0 Å². The highest BCUT2D eigenvalue weighted by atomic mass is 16.5. The zero-order chi connectivity index (χ0) is 24.0. The Hall–Kier alpha value is -2.68. The van der Waals surface area contributed by atoms with E-state index >= 15 is 0 Å². The van der Waals surface area contributed by atoms with Crippen LogP contribution in [-0.4, -0.2) is 16.1 Å². The molecule has 0 N–H and O–H groups in total. The molecule has 2 aromatic carbocycles. The molecule has 0 radical (unpaired) electrons. The number of nitrogens with zero attached hydrogens (tertiary/aromatic N) is 2. The Morgan fingerprint density at radius 1 is 0.647 bits per heavy atom. The molecule has 182 valence electrons. The molecule has 0 aliphatic heterocycles. The van der Waals surface area contributed by atoms with E-state index in [4.69, 9.17) is 4.74 Å². The Labute approximate surface area is 207 Å². The van der Waals surface area contributed by atoms with Crippen molar-refractivity contribution in [2.24, 2.45) is 0 Å². The lowest BCUT2D eigenvalue weighted by Gasteiger charge is -2.15. The minimum Gasteiger partial charge on any atom is -0.491 e. The van der Waals surface area contributed by atoms with Crippen LogP contribution >= 0.6 is 0 Å². The quantitative estimate of drug-likeness (QED) is 0.213. The van der Waals surface area contributed by atoms with Gasteiger partial charge in [0.05, 0.1) is 6.10 Å². The third kappa shape index (κ3) is 8.59. The summed E-state index contributed by atoms with van der Waals surface area (Å²) in [4.78, 5) is 9.22. The van der Waals surface area contributed by atoms with Crippen molar-refractivity contribution in [3.8, 4) is 28.3 Å². The molecule has 0 amide bonds. The van der Waals surface area contributed by atoms with E-state index in [9.17, 15) is 0 Å². The van der Waals surface area contributed by atoms with Gasteiger partial charge in [0.15, 0.2) is 5.82 Å². The average Bonchev–Trinajstić information content (AvgIpc) is 2.87. The van der Waals surface area contributed by atoms with Gasteiger partial charge in [0, 0.05) is 18.0 Å². The molecule has 0 fully saturated rings. The van der Waals surface area contributed by atoms with Crippen molar-refractivity contribution < 1.29 is 4.74 Å². The molecular weight excluding hydrogens is 416 g/mol. The number of unbranched alkanes of at least 4 members (excludes halogenated alkanes) is 7. The predicted molar refractivity (Wildman–Crippen MR) is 144 cm³/mol. The Bertz CT molecular complexity index is 933. The van der Waals surface area contributed by atoms with E-state index in [1.54, 1.807) is 0 Å². The maximum absolute atomic E-state index is 6.10. The topological polar surface area (TPSA) is 35.0 Å².